The molecule has 0 bridgehead atoms. The number of anilines is 3. The molecule has 0 fully saturated rings. The third-order valence-electron chi connectivity index (χ3n) is 2.92. The average molecular weight is 280 g/mol. The number of carbonyl (C=O) groups is 1. The fourth-order valence-corrected chi connectivity index (χ4v) is 1.99. The summed E-state index contributed by atoms with van der Waals surface area (Å²) in [4.78, 5) is 19.8. The third-order valence-corrected chi connectivity index (χ3v) is 2.92. The van der Waals surface area contributed by atoms with E-state index in [-0.39, 0.29) is 11.5 Å². The van der Waals surface area contributed by atoms with E-state index < -0.39 is 5.97 Å². The molecule has 6 nitrogen and oxygen atoms in total. The predicted octanol–water partition coefficient (Wildman–Crippen LogP) is 2.65. The summed E-state index contributed by atoms with van der Waals surface area (Å²) in [6, 6.07) is 14.1. The molecule has 21 heavy (non-hydrogen) atoms. The van der Waals surface area contributed by atoms with Crippen molar-refractivity contribution in [2.24, 2.45) is 0 Å². The molecular formula is C15H12N4O2. The van der Waals surface area contributed by atoms with E-state index in [0.717, 1.165) is 0 Å². The van der Waals surface area contributed by atoms with Gasteiger partial charge in [-0.1, -0.05) is 18.2 Å². The normalized spacial score (nSPS) is 10.5. The molecule has 3 rings (SSSR count). The average Bonchev–Trinajstić information content (AvgIpc) is 2.46. The van der Waals surface area contributed by atoms with E-state index in [9.17, 15) is 9.90 Å². The van der Waals surface area contributed by atoms with Crippen molar-refractivity contribution >= 4 is 34.2 Å². The van der Waals surface area contributed by atoms with Gasteiger partial charge < -0.3 is 16.2 Å². The van der Waals surface area contributed by atoms with Crippen molar-refractivity contribution in [3.05, 3.63) is 54.2 Å². The summed E-state index contributed by atoms with van der Waals surface area (Å²) in [5.41, 5.74) is 7.96. The standard InChI is InChI=1S/C15H12N4O2/c16-9-4-3-5-10(8-9)17-14-13(15(20)21)18-11-6-1-2-7-12(11)19-14/h1-8H,16H2,(H,17,19)(H,20,21). The monoisotopic (exact) mass is 280 g/mol. The minimum atomic E-state index is -1.14. The number of hydrogen-bond acceptors (Lipinski definition) is 5. The van der Waals surface area contributed by atoms with Gasteiger partial charge in [-0.2, -0.15) is 0 Å². The molecule has 6 heteroatoms. The lowest BCUT2D eigenvalue weighted by atomic mass is 10.2. The maximum atomic E-state index is 11.4. The Hall–Kier alpha value is -3.15. The quantitative estimate of drug-likeness (QED) is 0.637. The summed E-state index contributed by atoms with van der Waals surface area (Å²) in [5, 5.41) is 12.2. The molecule has 0 saturated heterocycles. The van der Waals surface area contributed by atoms with Gasteiger partial charge in [-0.3, -0.25) is 0 Å². The summed E-state index contributed by atoms with van der Waals surface area (Å²) in [6.07, 6.45) is 0. The molecule has 0 radical (unpaired) electrons. The van der Waals surface area contributed by atoms with Gasteiger partial charge in [0.25, 0.3) is 0 Å². The topological polar surface area (TPSA) is 101 Å². The van der Waals surface area contributed by atoms with Gasteiger partial charge in [0.05, 0.1) is 11.0 Å². The first-order valence-corrected chi connectivity index (χ1v) is 6.26. The highest BCUT2D eigenvalue weighted by molar-refractivity contribution is 5.94. The molecule has 0 spiro atoms. The van der Waals surface area contributed by atoms with Crippen LogP contribution in [0.25, 0.3) is 11.0 Å². The molecule has 0 aliphatic rings. The molecule has 3 aromatic rings. The number of carboxylic acid groups (broad SMARTS) is 1. The van der Waals surface area contributed by atoms with E-state index in [1.807, 2.05) is 6.07 Å². The van der Waals surface area contributed by atoms with Gasteiger partial charge in [0.1, 0.15) is 0 Å². The second-order valence-electron chi connectivity index (χ2n) is 4.47. The third kappa shape index (κ3) is 2.59. The van der Waals surface area contributed by atoms with Crippen molar-refractivity contribution in [1.29, 1.82) is 0 Å². The van der Waals surface area contributed by atoms with Crippen molar-refractivity contribution in [1.82, 2.24) is 9.97 Å². The lowest BCUT2D eigenvalue weighted by Crippen LogP contribution is -2.08. The molecule has 0 atom stereocenters. The number of aromatic carboxylic acids is 1. The Labute approximate surface area is 120 Å². The SMILES string of the molecule is Nc1cccc(Nc2nc3ccccc3nc2C(=O)O)c1. The summed E-state index contributed by atoms with van der Waals surface area (Å²) < 4.78 is 0. The molecule has 0 saturated carbocycles. The van der Waals surface area contributed by atoms with Gasteiger partial charge in [0.2, 0.25) is 0 Å². The van der Waals surface area contributed by atoms with Crippen LogP contribution >= 0.6 is 0 Å². The summed E-state index contributed by atoms with van der Waals surface area (Å²) >= 11 is 0. The largest absolute Gasteiger partial charge is 0.476 e. The van der Waals surface area contributed by atoms with Crippen molar-refractivity contribution in [3.63, 3.8) is 0 Å². The van der Waals surface area contributed by atoms with Crippen molar-refractivity contribution in [3.8, 4) is 0 Å². The Morgan fingerprint density at radius 2 is 1.76 bits per heavy atom. The summed E-state index contributed by atoms with van der Waals surface area (Å²) in [5.74, 6) is -0.952. The Morgan fingerprint density at radius 1 is 1.05 bits per heavy atom. The van der Waals surface area contributed by atoms with E-state index in [4.69, 9.17) is 5.73 Å². The Kier molecular flexibility index (Phi) is 3.12. The first-order valence-electron chi connectivity index (χ1n) is 6.26. The van der Waals surface area contributed by atoms with Gasteiger partial charge in [-0.25, -0.2) is 14.8 Å². The Bertz CT molecular complexity index is 833. The van der Waals surface area contributed by atoms with Crippen LogP contribution in [0.4, 0.5) is 17.2 Å². The minimum Gasteiger partial charge on any atom is -0.476 e. The number of nitrogens with zero attached hydrogens (tertiary/aromatic N) is 2. The number of benzene rings is 2. The first kappa shape index (κ1) is 12.9. The molecule has 0 amide bonds. The van der Waals surface area contributed by atoms with Gasteiger partial charge in [-0.15, -0.1) is 0 Å². The fourth-order valence-electron chi connectivity index (χ4n) is 1.99. The highest BCUT2D eigenvalue weighted by Crippen LogP contribution is 2.22. The van der Waals surface area contributed by atoms with Crippen molar-refractivity contribution < 1.29 is 9.90 Å². The van der Waals surface area contributed by atoms with Crippen LogP contribution in [-0.4, -0.2) is 21.0 Å². The van der Waals surface area contributed by atoms with E-state index in [1.165, 1.54) is 0 Å². The Balaban J connectivity index is 2.11. The van der Waals surface area contributed by atoms with Gasteiger partial charge in [0, 0.05) is 11.4 Å². The smallest absolute Gasteiger partial charge is 0.358 e. The molecule has 0 aliphatic carbocycles. The van der Waals surface area contributed by atoms with Gasteiger partial charge in [0.15, 0.2) is 11.5 Å². The lowest BCUT2D eigenvalue weighted by Gasteiger charge is -2.09. The number of nitrogens with one attached hydrogen (secondary N) is 1. The van der Waals surface area contributed by atoms with Crippen LogP contribution in [-0.2, 0) is 0 Å². The number of fused-ring (bicyclic) bond motifs is 1. The van der Waals surface area contributed by atoms with Crippen LogP contribution in [0.15, 0.2) is 48.5 Å². The Morgan fingerprint density at radius 3 is 2.43 bits per heavy atom. The second kappa shape index (κ2) is 5.09. The molecule has 0 unspecified atom stereocenters. The second-order valence-corrected chi connectivity index (χ2v) is 4.47. The minimum absolute atomic E-state index is 0.129. The zero-order valence-corrected chi connectivity index (χ0v) is 10.9. The van der Waals surface area contributed by atoms with Crippen LogP contribution in [0, 0.1) is 0 Å². The van der Waals surface area contributed by atoms with Crippen LogP contribution in [0.5, 0.6) is 0 Å². The molecule has 1 aromatic heterocycles. The van der Waals surface area contributed by atoms with Gasteiger partial charge >= 0.3 is 5.97 Å². The zero-order chi connectivity index (χ0) is 14.8. The molecular weight excluding hydrogens is 268 g/mol. The summed E-state index contributed by atoms with van der Waals surface area (Å²) in [7, 11) is 0. The van der Waals surface area contributed by atoms with Crippen LogP contribution < -0.4 is 11.1 Å². The van der Waals surface area contributed by atoms with Crippen LogP contribution in [0.3, 0.4) is 0 Å². The maximum absolute atomic E-state index is 11.4. The first-order chi connectivity index (χ1) is 10.1. The predicted molar refractivity (Wildman–Crippen MR) is 80.6 cm³/mol. The zero-order valence-electron chi connectivity index (χ0n) is 10.9. The van der Waals surface area contributed by atoms with Crippen molar-refractivity contribution in [2.75, 3.05) is 11.1 Å². The maximum Gasteiger partial charge on any atom is 0.358 e. The van der Waals surface area contributed by atoms with Crippen molar-refractivity contribution in [2.45, 2.75) is 0 Å². The highest BCUT2D eigenvalue weighted by atomic mass is 16.4. The lowest BCUT2D eigenvalue weighted by molar-refractivity contribution is 0.0692. The molecule has 4 N–H and O–H groups in total. The van der Waals surface area contributed by atoms with E-state index in [0.29, 0.717) is 22.4 Å². The van der Waals surface area contributed by atoms with Gasteiger partial charge in [-0.05, 0) is 30.3 Å². The van der Waals surface area contributed by atoms with E-state index >= 15 is 0 Å². The number of para-hydroxylation sites is 2. The number of rotatable bonds is 3. The number of aromatic nitrogens is 2. The van der Waals surface area contributed by atoms with E-state index in [2.05, 4.69) is 15.3 Å². The molecule has 2 aromatic carbocycles. The molecule has 104 valence electrons. The van der Waals surface area contributed by atoms with Crippen LogP contribution in [0.2, 0.25) is 0 Å². The number of nitrogens with two attached hydrogens (primary N) is 1. The number of hydrogen-bond donors (Lipinski definition) is 3. The number of carboxylic acids is 1. The number of nitrogen functional groups attached to an aromatic ring is 1. The van der Waals surface area contributed by atoms with E-state index in [1.54, 1.807) is 42.5 Å². The highest BCUT2D eigenvalue weighted by Gasteiger charge is 2.15. The van der Waals surface area contributed by atoms with Crippen LogP contribution in [0.1, 0.15) is 10.5 Å². The molecule has 0 aliphatic heterocycles. The summed E-state index contributed by atoms with van der Waals surface area (Å²) in [6.45, 7) is 0. The fraction of sp³-hybridized carbons (Fsp3) is 0. The molecule has 1 heterocycles.